The zero-order valence-corrected chi connectivity index (χ0v) is 23.0. The Bertz CT molecular complexity index is 1280. The maximum absolute atomic E-state index is 13.1. The van der Waals surface area contributed by atoms with E-state index in [4.69, 9.17) is 9.73 Å². The van der Waals surface area contributed by atoms with Gasteiger partial charge in [-0.3, -0.25) is 4.79 Å². The molecule has 0 radical (unpaired) electrons. The number of aliphatic imine (C=N–C) groups is 1. The summed E-state index contributed by atoms with van der Waals surface area (Å²) in [6, 6.07) is 23.2. The molecule has 3 aromatic rings. The molecule has 1 saturated carbocycles. The molecule has 0 spiro atoms. The second-order valence-electron chi connectivity index (χ2n) is 10.8. The van der Waals surface area contributed by atoms with Crippen LogP contribution in [0.2, 0.25) is 0 Å². The number of benzene rings is 3. The molecule has 0 bridgehead atoms. The molecule has 2 aliphatic carbocycles. The number of aliphatic hydroxyl groups excluding tert-OH is 1. The van der Waals surface area contributed by atoms with Crippen LogP contribution in [0.4, 0.5) is 5.69 Å². The second kappa shape index (κ2) is 12.6. The van der Waals surface area contributed by atoms with Crippen molar-refractivity contribution in [1.29, 1.82) is 0 Å². The highest BCUT2D eigenvalue weighted by molar-refractivity contribution is 5.95. The van der Waals surface area contributed by atoms with E-state index in [9.17, 15) is 9.90 Å². The smallest absolute Gasteiger partial charge is 0.251 e. The maximum atomic E-state index is 13.1. The molecule has 0 aromatic heterocycles. The molecule has 204 valence electrons. The molecule has 39 heavy (non-hydrogen) atoms. The Labute approximate surface area is 231 Å². The van der Waals surface area contributed by atoms with Gasteiger partial charge >= 0.3 is 0 Å². The molecule has 0 unspecified atom stereocenters. The predicted octanol–water partition coefficient (Wildman–Crippen LogP) is 6.07. The number of carbonyl (C=O) groups is 1. The van der Waals surface area contributed by atoms with Crippen LogP contribution in [0.25, 0.3) is 11.1 Å². The summed E-state index contributed by atoms with van der Waals surface area (Å²) in [6.07, 6.45) is 6.47. The highest BCUT2D eigenvalue weighted by Crippen LogP contribution is 2.35. The van der Waals surface area contributed by atoms with Crippen LogP contribution in [0.15, 0.2) is 77.8 Å². The summed E-state index contributed by atoms with van der Waals surface area (Å²) >= 11 is 0. The minimum absolute atomic E-state index is 0.200. The second-order valence-corrected chi connectivity index (χ2v) is 10.8. The molecule has 3 aromatic carbocycles. The lowest BCUT2D eigenvalue weighted by Crippen LogP contribution is -2.33. The number of hydrogen-bond donors (Lipinski definition) is 2. The first kappa shape index (κ1) is 27.1. The first-order valence-electron chi connectivity index (χ1n) is 14.1. The number of likely N-dealkylation sites (N-methyl/N-ethyl adjacent to an activating group) is 1. The van der Waals surface area contributed by atoms with Crippen LogP contribution in [-0.2, 0) is 11.2 Å². The number of fused-ring (bicyclic) bond motifs is 1. The summed E-state index contributed by atoms with van der Waals surface area (Å²) in [5, 5.41) is 13.9. The van der Waals surface area contributed by atoms with Gasteiger partial charge in [-0.1, -0.05) is 67.8 Å². The summed E-state index contributed by atoms with van der Waals surface area (Å²) in [5.41, 5.74) is 5.51. The Morgan fingerprint density at radius 2 is 1.72 bits per heavy atom. The van der Waals surface area contributed by atoms with Crippen LogP contribution in [0.1, 0.15) is 66.6 Å². The Morgan fingerprint density at radius 1 is 1.00 bits per heavy atom. The van der Waals surface area contributed by atoms with Gasteiger partial charge in [0.15, 0.2) is 0 Å². The summed E-state index contributed by atoms with van der Waals surface area (Å²) in [4.78, 5) is 20.0. The highest BCUT2D eigenvalue weighted by Gasteiger charge is 2.32. The number of nitrogens with zero attached hydrogens (tertiary/aromatic N) is 2. The summed E-state index contributed by atoms with van der Waals surface area (Å²) < 4.78 is 6.08. The summed E-state index contributed by atoms with van der Waals surface area (Å²) in [6.45, 7) is 3.49. The van der Waals surface area contributed by atoms with Crippen LogP contribution in [0.5, 0.6) is 0 Å². The molecular formula is C33H39N3O3. The zero-order chi connectivity index (χ0) is 27.2. The molecule has 5 rings (SSSR count). The number of hydrogen-bond acceptors (Lipinski definition) is 4. The van der Waals surface area contributed by atoms with Crippen molar-refractivity contribution >= 4 is 17.4 Å². The van der Waals surface area contributed by atoms with E-state index in [1.807, 2.05) is 86.8 Å². The van der Waals surface area contributed by atoms with Crippen molar-refractivity contribution in [3.63, 3.8) is 0 Å². The number of aliphatic hydroxyl groups is 1. The normalized spacial score (nSPS) is 19.5. The number of amidine groups is 1. The van der Waals surface area contributed by atoms with Crippen LogP contribution in [0, 0.1) is 0 Å². The van der Waals surface area contributed by atoms with Crippen molar-refractivity contribution in [1.82, 2.24) is 10.2 Å². The molecule has 0 saturated heterocycles. The SMILES string of the molecule is CC(=Nc1ccc2c(c1)[C@@H](NC(=O)c1ccc(-c3ccccc3)cc1)[C@H](O)C2)N(C)CCOC1CCCCC1. The highest BCUT2D eigenvalue weighted by atomic mass is 16.5. The molecule has 1 fully saturated rings. The van der Waals surface area contributed by atoms with E-state index in [1.165, 1.54) is 32.1 Å². The number of rotatable bonds is 8. The third kappa shape index (κ3) is 6.75. The number of nitrogens with one attached hydrogen (secondary N) is 1. The molecule has 0 aliphatic heterocycles. The average molecular weight is 526 g/mol. The molecule has 2 N–H and O–H groups in total. The molecule has 2 atom stereocenters. The van der Waals surface area contributed by atoms with Gasteiger partial charge in [-0.2, -0.15) is 0 Å². The van der Waals surface area contributed by atoms with Gasteiger partial charge in [0.25, 0.3) is 5.91 Å². The van der Waals surface area contributed by atoms with Gasteiger partial charge in [-0.25, -0.2) is 4.99 Å². The van der Waals surface area contributed by atoms with Crippen LogP contribution < -0.4 is 5.32 Å². The van der Waals surface area contributed by atoms with E-state index in [0.717, 1.165) is 40.3 Å². The number of ether oxygens (including phenoxy) is 1. The van der Waals surface area contributed by atoms with Gasteiger partial charge in [-0.05, 0) is 66.3 Å². The lowest BCUT2D eigenvalue weighted by molar-refractivity contribution is 0.0245. The lowest BCUT2D eigenvalue weighted by Gasteiger charge is -2.24. The van der Waals surface area contributed by atoms with Gasteiger partial charge in [0, 0.05) is 25.6 Å². The molecule has 6 nitrogen and oxygen atoms in total. The average Bonchev–Trinajstić information content (AvgIpc) is 3.28. The first-order chi connectivity index (χ1) is 19.0. The van der Waals surface area contributed by atoms with Crippen molar-refractivity contribution in [2.45, 2.75) is 63.7 Å². The van der Waals surface area contributed by atoms with Crippen molar-refractivity contribution in [2.24, 2.45) is 4.99 Å². The molecule has 1 amide bonds. The molecular weight excluding hydrogens is 486 g/mol. The lowest BCUT2D eigenvalue weighted by atomic mass is 9.98. The van der Waals surface area contributed by atoms with Gasteiger partial charge in [0.05, 0.1) is 30.5 Å². The van der Waals surface area contributed by atoms with Crippen LogP contribution in [0.3, 0.4) is 0 Å². The van der Waals surface area contributed by atoms with E-state index >= 15 is 0 Å². The third-order valence-corrected chi connectivity index (χ3v) is 7.99. The molecule has 2 aliphatic rings. The minimum atomic E-state index is -0.674. The van der Waals surface area contributed by atoms with Gasteiger partial charge in [-0.15, -0.1) is 0 Å². The fourth-order valence-electron chi connectivity index (χ4n) is 5.54. The van der Waals surface area contributed by atoms with Crippen molar-refractivity contribution < 1.29 is 14.6 Å². The maximum Gasteiger partial charge on any atom is 0.251 e. The fourth-order valence-corrected chi connectivity index (χ4v) is 5.54. The van der Waals surface area contributed by atoms with E-state index in [1.54, 1.807) is 0 Å². The minimum Gasteiger partial charge on any atom is -0.390 e. The van der Waals surface area contributed by atoms with E-state index in [0.29, 0.717) is 24.7 Å². The van der Waals surface area contributed by atoms with Crippen molar-refractivity contribution in [2.75, 3.05) is 20.2 Å². The Morgan fingerprint density at radius 3 is 2.46 bits per heavy atom. The molecule has 6 heteroatoms. The van der Waals surface area contributed by atoms with Crippen molar-refractivity contribution in [3.8, 4) is 11.1 Å². The number of carbonyl (C=O) groups excluding carboxylic acids is 1. The summed E-state index contributed by atoms with van der Waals surface area (Å²) in [5.74, 6) is 0.703. The van der Waals surface area contributed by atoms with Crippen LogP contribution in [-0.4, -0.2) is 54.2 Å². The third-order valence-electron chi connectivity index (χ3n) is 7.99. The fraction of sp³-hybridized carbons (Fsp3) is 0.394. The Hall–Kier alpha value is -3.48. The van der Waals surface area contributed by atoms with Gasteiger partial charge in [0.1, 0.15) is 5.84 Å². The van der Waals surface area contributed by atoms with Gasteiger partial charge < -0.3 is 20.1 Å². The monoisotopic (exact) mass is 525 g/mol. The summed E-state index contributed by atoms with van der Waals surface area (Å²) in [7, 11) is 2.03. The van der Waals surface area contributed by atoms with E-state index in [2.05, 4.69) is 10.2 Å². The predicted molar refractivity (Wildman–Crippen MR) is 156 cm³/mol. The number of amides is 1. The quantitative estimate of drug-likeness (QED) is 0.276. The topological polar surface area (TPSA) is 74.2 Å². The largest absolute Gasteiger partial charge is 0.390 e. The first-order valence-corrected chi connectivity index (χ1v) is 14.1. The van der Waals surface area contributed by atoms with Crippen LogP contribution >= 0.6 is 0 Å². The van der Waals surface area contributed by atoms with E-state index < -0.39 is 12.1 Å². The standard InChI is InChI=1S/C33H39N3O3/c1-23(36(2)19-20-39-29-11-7-4-8-12-29)34-28-18-17-27-21-31(37)32(30(27)22-28)35-33(38)26-15-13-25(14-16-26)24-9-5-3-6-10-24/h3,5-6,9-10,13-18,22,29,31-32,37H,4,7-8,11-12,19-21H2,1-2H3,(H,35,38)/t31-,32-/m1/s1. The van der Waals surface area contributed by atoms with Gasteiger partial charge in [0.2, 0.25) is 0 Å². The zero-order valence-electron chi connectivity index (χ0n) is 23.0. The molecule has 0 heterocycles. The Kier molecular flexibility index (Phi) is 8.74. The Balaban J connectivity index is 1.22. The van der Waals surface area contributed by atoms with Crippen molar-refractivity contribution in [3.05, 3.63) is 89.5 Å². The van der Waals surface area contributed by atoms with E-state index in [-0.39, 0.29) is 5.91 Å².